The van der Waals surface area contributed by atoms with Crippen molar-refractivity contribution in [3.8, 4) is 0 Å². The number of ether oxygens (including phenoxy) is 2. The smallest absolute Gasteiger partial charge is 0.302 e. The average molecular weight is 270 g/mol. The SMILES string of the molecule is CCN(C)C1=NC2(COC(C)=O)C=CCOC2S1. The summed E-state index contributed by atoms with van der Waals surface area (Å²) >= 11 is 1.59. The molecular weight excluding hydrogens is 252 g/mol. The van der Waals surface area contributed by atoms with Crippen molar-refractivity contribution >= 4 is 22.9 Å². The van der Waals surface area contributed by atoms with Crippen LogP contribution in [0.1, 0.15) is 13.8 Å². The van der Waals surface area contributed by atoms with Gasteiger partial charge in [-0.2, -0.15) is 0 Å². The van der Waals surface area contributed by atoms with Gasteiger partial charge in [0.2, 0.25) is 0 Å². The fourth-order valence-corrected chi connectivity index (χ4v) is 3.09. The molecule has 0 aromatic rings. The fraction of sp³-hybridized carbons (Fsp3) is 0.667. The zero-order valence-corrected chi connectivity index (χ0v) is 11.7. The molecule has 2 rings (SSSR count). The van der Waals surface area contributed by atoms with Gasteiger partial charge in [-0.25, -0.2) is 4.99 Å². The van der Waals surface area contributed by atoms with Crippen LogP contribution < -0.4 is 0 Å². The summed E-state index contributed by atoms with van der Waals surface area (Å²) in [4.78, 5) is 17.8. The van der Waals surface area contributed by atoms with E-state index in [0.717, 1.165) is 11.7 Å². The maximum absolute atomic E-state index is 11.0. The van der Waals surface area contributed by atoms with E-state index in [-0.39, 0.29) is 18.0 Å². The summed E-state index contributed by atoms with van der Waals surface area (Å²) in [6.45, 7) is 5.17. The molecule has 0 N–H and O–H groups in total. The summed E-state index contributed by atoms with van der Waals surface area (Å²) in [6, 6.07) is 0. The molecule has 2 aliphatic rings. The van der Waals surface area contributed by atoms with Gasteiger partial charge in [0.25, 0.3) is 0 Å². The molecule has 0 spiro atoms. The van der Waals surface area contributed by atoms with Gasteiger partial charge >= 0.3 is 5.97 Å². The third-order valence-corrected chi connectivity index (χ3v) is 4.35. The van der Waals surface area contributed by atoms with Gasteiger partial charge in [-0.05, 0) is 6.92 Å². The van der Waals surface area contributed by atoms with Gasteiger partial charge < -0.3 is 14.4 Å². The molecule has 0 aromatic heterocycles. The van der Waals surface area contributed by atoms with Crippen LogP contribution in [0.15, 0.2) is 17.1 Å². The van der Waals surface area contributed by atoms with Crippen LogP contribution in [0.5, 0.6) is 0 Å². The number of carbonyl (C=O) groups is 1. The molecule has 0 amide bonds. The molecule has 0 saturated carbocycles. The molecule has 0 bridgehead atoms. The Morgan fingerprint density at radius 3 is 3.22 bits per heavy atom. The summed E-state index contributed by atoms with van der Waals surface area (Å²) in [5.74, 6) is -0.292. The Kier molecular flexibility index (Phi) is 3.97. The minimum absolute atomic E-state index is 0.106. The maximum Gasteiger partial charge on any atom is 0.302 e. The van der Waals surface area contributed by atoms with Crippen LogP contribution in [0.25, 0.3) is 0 Å². The van der Waals surface area contributed by atoms with Crippen molar-refractivity contribution in [3.05, 3.63) is 12.2 Å². The predicted molar refractivity (Wildman–Crippen MR) is 71.6 cm³/mol. The number of esters is 1. The molecular formula is C12H18N2O3S. The predicted octanol–water partition coefficient (Wildman–Crippen LogP) is 1.26. The van der Waals surface area contributed by atoms with Crippen LogP contribution in [-0.4, -0.2) is 53.8 Å². The molecule has 0 fully saturated rings. The Morgan fingerprint density at radius 1 is 1.78 bits per heavy atom. The van der Waals surface area contributed by atoms with Gasteiger partial charge in [0, 0.05) is 20.5 Å². The minimum Gasteiger partial charge on any atom is -0.463 e. The number of rotatable bonds is 3. The lowest BCUT2D eigenvalue weighted by Crippen LogP contribution is -2.43. The first-order valence-corrected chi connectivity index (χ1v) is 6.85. The number of nitrogens with zero attached hydrogens (tertiary/aromatic N) is 2. The first kappa shape index (κ1) is 13.4. The van der Waals surface area contributed by atoms with Crippen molar-refractivity contribution in [2.45, 2.75) is 24.8 Å². The summed E-state index contributed by atoms with van der Waals surface area (Å²) in [6.07, 6.45) is 3.92. The normalized spacial score (nSPS) is 29.7. The van der Waals surface area contributed by atoms with E-state index in [2.05, 4.69) is 11.8 Å². The van der Waals surface area contributed by atoms with Crippen molar-refractivity contribution in [1.29, 1.82) is 0 Å². The highest BCUT2D eigenvalue weighted by atomic mass is 32.2. The Bertz CT molecular complexity index is 397. The van der Waals surface area contributed by atoms with E-state index in [1.54, 1.807) is 11.8 Å². The monoisotopic (exact) mass is 270 g/mol. The molecule has 18 heavy (non-hydrogen) atoms. The lowest BCUT2D eigenvalue weighted by Gasteiger charge is -2.30. The molecule has 2 atom stereocenters. The van der Waals surface area contributed by atoms with Crippen LogP contribution in [0.2, 0.25) is 0 Å². The van der Waals surface area contributed by atoms with Gasteiger partial charge in [-0.15, -0.1) is 0 Å². The second-order valence-electron chi connectivity index (χ2n) is 4.37. The van der Waals surface area contributed by atoms with E-state index in [9.17, 15) is 4.79 Å². The first-order chi connectivity index (χ1) is 8.57. The zero-order valence-electron chi connectivity index (χ0n) is 10.9. The molecule has 100 valence electrons. The summed E-state index contributed by atoms with van der Waals surface area (Å²) in [5.41, 5.74) is -0.668. The van der Waals surface area contributed by atoms with E-state index in [1.807, 2.05) is 19.2 Å². The molecule has 0 saturated heterocycles. The second kappa shape index (κ2) is 5.32. The standard InChI is InChI=1S/C12H18N2O3S/c1-4-14(3)11-13-12(8-17-9(2)15)6-5-7-16-10(12)18-11/h5-6,10H,4,7-8H2,1-3H3. The Balaban J connectivity index is 2.20. The Hall–Kier alpha value is -1.01. The van der Waals surface area contributed by atoms with Crippen LogP contribution >= 0.6 is 11.8 Å². The third-order valence-electron chi connectivity index (χ3n) is 2.98. The lowest BCUT2D eigenvalue weighted by molar-refractivity contribution is -0.143. The number of aliphatic imine (C=N–C) groups is 1. The molecule has 5 nitrogen and oxygen atoms in total. The molecule has 2 heterocycles. The van der Waals surface area contributed by atoms with Crippen molar-refractivity contribution < 1.29 is 14.3 Å². The van der Waals surface area contributed by atoms with E-state index in [1.165, 1.54) is 6.92 Å². The lowest BCUT2D eigenvalue weighted by atomic mass is 10.0. The zero-order chi connectivity index (χ0) is 13.2. The average Bonchev–Trinajstić information content (AvgIpc) is 2.75. The number of hydrogen-bond donors (Lipinski definition) is 0. The molecule has 0 aromatic carbocycles. The summed E-state index contributed by atoms with van der Waals surface area (Å²) in [7, 11) is 1.99. The number of amidine groups is 1. The van der Waals surface area contributed by atoms with Crippen molar-refractivity contribution in [3.63, 3.8) is 0 Å². The number of fused-ring (bicyclic) bond motifs is 1. The highest BCUT2D eigenvalue weighted by Gasteiger charge is 2.47. The van der Waals surface area contributed by atoms with Gasteiger partial charge in [-0.1, -0.05) is 23.9 Å². The highest BCUT2D eigenvalue weighted by Crippen LogP contribution is 2.40. The van der Waals surface area contributed by atoms with Gasteiger partial charge in [0.05, 0.1) is 6.61 Å². The fourth-order valence-electron chi connectivity index (χ4n) is 1.82. The van der Waals surface area contributed by atoms with Crippen LogP contribution in [-0.2, 0) is 14.3 Å². The van der Waals surface area contributed by atoms with Crippen LogP contribution in [0, 0.1) is 0 Å². The Morgan fingerprint density at radius 2 is 2.56 bits per heavy atom. The molecule has 0 radical (unpaired) electrons. The van der Waals surface area contributed by atoms with Crippen LogP contribution in [0.3, 0.4) is 0 Å². The topological polar surface area (TPSA) is 51.1 Å². The third kappa shape index (κ3) is 2.54. The van der Waals surface area contributed by atoms with Crippen molar-refractivity contribution in [1.82, 2.24) is 4.90 Å². The second-order valence-corrected chi connectivity index (χ2v) is 5.39. The van der Waals surface area contributed by atoms with E-state index in [0.29, 0.717) is 6.61 Å². The summed E-state index contributed by atoms with van der Waals surface area (Å²) in [5, 5.41) is 0.932. The van der Waals surface area contributed by atoms with Gasteiger partial charge in [0.1, 0.15) is 12.0 Å². The van der Waals surface area contributed by atoms with Crippen LogP contribution in [0.4, 0.5) is 0 Å². The number of hydrogen-bond acceptors (Lipinski definition) is 6. The van der Waals surface area contributed by atoms with Gasteiger partial charge in [-0.3, -0.25) is 4.79 Å². The summed E-state index contributed by atoms with van der Waals surface area (Å²) < 4.78 is 10.8. The van der Waals surface area contributed by atoms with Gasteiger partial charge in [0.15, 0.2) is 10.7 Å². The Labute approximate surface area is 111 Å². The minimum atomic E-state index is -0.562. The largest absolute Gasteiger partial charge is 0.463 e. The van der Waals surface area contributed by atoms with E-state index < -0.39 is 5.54 Å². The first-order valence-electron chi connectivity index (χ1n) is 5.97. The highest BCUT2D eigenvalue weighted by molar-refractivity contribution is 8.14. The van der Waals surface area contributed by atoms with E-state index in [4.69, 9.17) is 14.5 Å². The quantitative estimate of drug-likeness (QED) is 0.571. The number of carbonyl (C=O) groups excluding carboxylic acids is 1. The molecule has 0 aliphatic carbocycles. The number of thioether (sulfide) groups is 1. The van der Waals surface area contributed by atoms with E-state index >= 15 is 0 Å². The molecule has 2 aliphatic heterocycles. The molecule has 2 unspecified atom stereocenters. The maximum atomic E-state index is 11.0. The van der Waals surface area contributed by atoms with Crippen molar-refractivity contribution in [2.75, 3.05) is 26.8 Å². The molecule has 6 heteroatoms. The van der Waals surface area contributed by atoms with Crippen molar-refractivity contribution in [2.24, 2.45) is 4.99 Å².